The Bertz CT molecular complexity index is 842. The molecule has 0 unspecified atom stereocenters. The van der Waals surface area contributed by atoms with Gasteiger partial charge in [0, 0.05) is 7.11 Å². The zero-order valence-corrected chi connectivity index (χ0v) is 17.3. The van der Waals surface area contributed by atoms with E-state index in [1.165, 1.54) is 48.9 Å². The number of methoxy groups -OCH3 is 1. The summed E-state index contributed by atoms with van der Waals surface area (Å²) in [6.45, 7) is 0.124. The van der Waals surface area contributed by atoms with Crippen LogP contribution in [0.1, 0.15) is 32.1 Å². The van der Waals surface area contributed by atoms with Crippen LogP contribution < -0.4 is 4.90 Å². The number of aromatic nitrogens is 1. The molecule has 1 saturated carbocycles. The standard InChI is InChI=1S/C19H20F2N2O2.C3H6O3/c20-15-7-4-8-16(11-15)23(17-9-10-18(21)22-12-17)19(24)25-13-14-5-2-1-3-6-14;1-6-2-3(4)5/h4,7-12,14H,1-3,5-6,13H2;2H2,1H3,(H,4,5). The van der Waals surface area contributed by atoms with Crippen LogP contribution in [0.15, 0.2) is 42.6 Å². The molecular weight excluding hydrogens is 410 g/mol. The van der Waals surface area contributed by atoms with E-state index in [1.54, 1.807) is 6.07 Å². The molecule has 31 heavy (non-hydrogen) atoms. The second-order valence-corrected chi connectivity index (χ2v) is 7.06. The minimum atomic E-state index is -0.933. The van der Waals surface area contributed by atoms with E-state index in [0.717, 1.165) is 31.7 Å². The number of ether oxygens (including phenoxy) is 2. The van der Waals surface area contributed by atoms with Gasteiger partial charge in [0.05, 0.1) is 24.2 Å². The minimum absolute atomic E-state index is 0.208. The highest BCUT2D eigenvalue weighted by molar-refractivity contribution is 5.95. The SMILES string of the molecule is COCC(=O)O.O=C(OCC1CCCCC1)N(c1ccc(F)nc1)c1cccc(F)c1. The van der Waals surface area contributed by atoms with E-state index in [4.69, 9.17) is 9.84 Å². The predicted octanol–water partition coefficient (Wildman–Crippen LogP) is 4.93. The Morgan fingerprint density at radius 3 is 2.42 bits per heavy atom. The van der Waals surface area contributed by atoms with Crippen LogP contribution in [0, 0.1) is 17.7 Å². The zero-order valence-electron chi connectivity index (χ0n) is 17.3. The number of benzene rings is 1. The average molecular weight is 436 g/mol. The summed E-state index contributed by atoms with van der Waals surface area (Å²) >= 11 is 0. The van der Waals surface area contributed by atoms with Gasteiger partial charge in [-0.2, -0.15) is 4.39 Å². The second-order valence-electron chi connectivity index (χ2n) is 7.06. The molecule has 1 aromatic heterocycles. The Balaban J connectivity index is 0.000000501. The summed E-state index contributed by atoms with van der Waals surface area (Å²) in [5, 5.41) is 7.79. The summed E-state index contributed by atoms with van der Waals surface area (Å²) in [6.07, 6.45) is 6.22. The lowest BCUT2D eigenvalue weighted by Crippen LogP contribution is -2.29. The molecule has 2 aromatic rings. The third-order valence-corrected chi connectivity index (χ3v) is 4.65. The van der Waals surface area contributed by atoms with E-state index in [0.29, 0.717) is 23.9 Å². The van der Waals surface area contributed by atoms with E-state index in [2.05, 4.69) is 9.72 Å². The van der Waals surface area contributed by atoms with Crippen molar-refractivity contribution in [3.05, 3.63) is 54.4 Å². The number of carbonyl (C=O) groups excluding carboxylic acids is 1. The second kappa shape index (κ2) is 12.6. The van der Waals surface area contributed by atoms with Crippen molar-refractivity contribution in [2.24, 2.45) is 5.92 Å². The number of carbonyl (C=O) groups is 2. The van der Waals surface area contributed by atoms with Gasteiger partial charge in [0.25, 0.3) is 0 Å². The molecule has 1 aromatic carbocycles. The number of hydrogen-bond acceptors (Lipinski definition) is 5. The van der Waals surface area contributed by atoms with Crippen LogP contribution in [0.3, 0.4) is 0 Å². The van der Waals surface area contributed by atoms with Gasteiger partial charge in [-0.3, -0.25) is 0 Å². The van der Waals surface area contributed by atoms with Crippen molar-refractivity contribution in [1.29, 1.82) is 0 Å². The van der Waals surface area contributed by atoms with Gasteiger partial charge in [-0.1, -0.05) is 25.3 Å². The molecule has 1 aliphatic carbocycles. The van der Waals surface area contributed by atoms with Crippen molar-refractivity contribution in [3.63, 3.8) is 0 Å². The van der Waals surface area contributed by atoms with Crippen LogP contribution in [0.5, 0.6) is 0 Å². The Morgan fingerprint density at radius 1 is 1.13 bits per heavy atom. The summed E-state index contributed by atoms with van der Waals surface area (Å²) < 4.78 is 36.4. The van der Waals surface area contributed by atoms with Crippen LogP contribution in [0.2, 0.25) is 0 Å². The molecule has 3 rings (SSSR count). The van der Waals surface area contributed by atoms with Crippen LogP contribution in [-0.4, -0.2) is 42.5 Å². The quantitative estimate of drug-likeness (QED) is 0.646. The lowest BCUT2D eigenvalue weighted by molar-refractivity contribution is -0.141. The Labute approximate surface area is 179 Å². The maximum absolute atomic E-state index is 13.6. The zero-order chi connectivity index (χ0) is 22.6. The van der Waals surface area contributed by atoms with Crippen LogP contribution in [-0.2, 0) is 14.3 Å². The maximum atomic E-state index is 13.6. The molecule has 1 heterocycles. The molecule has 9 heteroatoms. The van der Waals surface area contributed by atoms with Crippen molar-refractivity contribution >= 4 is 23.4 Å². The smallest absolute Gasteiger partial charge is 0.419 e. The van der Waals surface area contributed by atoms with Crippen molar-refractivity contribution in [2.45, 2.75) is 32.1 Å². The summed E-state index contributed by atoms with van der Waals surface area (Å²) in [6, 6.07) is 8.17. The first-order valence-corrected chi connectivity index (χ1v) is 9.95. The fourth-order valence-electron chi connectivity index (χ4n) is 3.21. The summed E-state index contributed by atoms with van der Waals surface area (Å²) in [5.41, 5.74) is 0.627. The number of aliphatic carboxylic acids is 1. The van der Waals surface area contributed by atoms with Crippen molar-refractivity contribution < 1.29 is 33.0 Å². The number of rotatable bonds is 6. The van der Waals surface area contributed by atoms with Gasteiger partial charge in [-0.25, -0.2) is 23.9 Å². The number of nitrogens with zero attached hydrogens (tertiary/aromatic N) is 2. The Kier molecular flexibility index (Phi) is 9.83. The van der Waals surface area contributed by atoms with E-state index in [1.807, 2.05) is 0 Å². The third-order valence-electron chi connectivity index (χ3n) is 4.65. The molecule has 0 spiro atoms. The first-order valence-electron chi connectivity index (χ1n) is 9.95. The predicted molar refractivity (Wildman–Crippen MR) is 110 cm³/mol. The number of carboxylic acids is 1. The largest absolute Gasteiger partial charge is 0.480 e. The summed E-state index contributed by atoms with van der Waals surface area (Å²) in [7, 11) is 1.34. The molecular formula is C22H26F2N2O5. The Hall–Kier alpha value is -3.07. The van der Waals surface area contributed by atoms with E-state index >= 15 is 0 Å². The summed E-state index contributed by atoms with van der Waals surface area (Å²) in [4.78, 5) is 26.9. The molecule has 1 amide bonds. The fourth-order valence-corrected chi connectivity index (χ4v) is 3.21. The number of pyridine rings is 1. The van der Waals surface area contributed by atoms with Gasteiger partial charge in [-0.05, 0) is 49.1 Å². The molecule has 0 radical (unpaired) electrons. The molecule has 0 saturated heterocycles. The van der Waals surface area contributed by atoms with Gasteiger partial charge in [0.2, 0.25) is 5.95 Å². The molecule has 168 valence electrons. The maximum Gasteiger partial charge on any atom is 0.419 e. The molecule has 1 fully saturated rings. The van der Waals surface area contributed by atoms with E-state index in [-0.39, 0.29) is 6.61 Å². The monoisotopic (exact) mass is 436 g/mol. The first-order chi connectivity index (χ1) is 14.9. The average Bonchev–Trinajstić information content (AvgIpc) is 2.75. The normalized spacial score (nSPS) is 13.6. The molecule has 0 aliphatic heterocycles. The van der Waals surface area contributed by atoms with Crippen molar-refractivity contribution in [2.75, 3.05) is 25.2 Å². The topological polar surface area (TPSA) is 89.0 Å². The van der Waals surface area contributed by atoms with E-state index < -0.39 is 23.8 Å². The van der Waals surface area contributed by atoms with Gasteiger partial charge in [0.1, 0.15) is 12.4 Å². The molecule has 7 nitrogen and oxygen atoms in total. The number of amides is 1. The lowest BCUT2D eigenvalue weighted by atomic mass is 9.90. The minimum Gasteiger partial charge on any atom is -0.480 e. The number of halogens is 2. The molecule has 0 bridgehead atoms. The van der Waals surface area contributed by atoms with Crippen LogP contribution >= 0.6 is 0 Å². The highest BCUT2D eigenvalue weighted by atomic mass is 19.1. The third kappa shape index (κ3) is 8.29. The van der Waals surface area contributed by atoms with Gasteiger partial charge in [-0.15, -0.1) is 0 Å². The Morgan fingerprint density at radius 2 is 1.87 bits per heavy atom. The highest BCUT2D eigenvalue weighted by Crippen LogP contribution is 2.28. The molecule has 0 atom stereocenters. The highest BCUT2D eigenvalue weighted by Gasteiger charge is 2.23. The molecule has 1 N–H and O–H groups in total. The van der Waals surface area contributed by atoms with Crippen LogP contribution in [0.25, 0.3) is 0 Å². The van der Waals surface area contributed by atoms with Gasteiger partial charge >= 0.3 is 12.1 Å². The first kappa shape index (κ1) is 24.2. The summed E-state index contributed by atoms with van der Waals surface area (Å²) in [5.74, 6) is -1.70. The van der Waals surface area contributed by atoms with Gasteiger partial charge in [0.15, 0.2) is 0 Å². The van der Waals surface area contributed by atoms with Crippen molar-refractivity contribution in [3.8, 4) is 0 Å². The number of anilines is 2. The number of hydrogen-bond donors (Lipinski definition) is 1. The molecule has 1 aliphatic rings. The van der Waals surface area contributed by atoms with Crippen molar-refractivity contribution in [1.82, 2.24) is 4.98 Å². The fraction of sp³-hybridized carbons (Fsp3) is 0.409. The van der Waals surface area contributed by atoms with Crippen LogP contribution in [0.4, 0.5) is 25.0 Å². The van der Waals surface area contributed by atoms with Gasteiger partial charge < -0.3 is 14.6 Å². The van der Waals surface area contributed by atoms with E-state index in [9.17, 15) is 18.4 Å². The number of carboxylic acid groups (broad SMARTS) is 1. The lowest BCUT2D eigenvalue weighted by Gasteiger charge is -2.25.